The molecule has 0 bridgehead atoms. The normalized spacial score (nSPS) is 10.8. The summed E-state index contributed by atoms with van der Waals surface area (Å²) in [7, 11) is 1.66. The molecule has 0 aliphatic rings. The lowest BCUT2D eigenvalue weighted by Gasteiger charge is -2.20. The van der Waals surface area contributed by atoms with Crippen molar-refractivity contribution in [2.45, 2.75) is 32.7 Å². The number of ether oxygens (including phenoxy) is 1. The summed E-state index contributed by atoms with van der Waals surface area (Å²) in [4.78, 5) is 11.5. The van der Waals surface area contributed by atoms with Crippen LogP contribution in [0.2, 0.25) is 0 Å². The lowest BCUT2D eigenvalue weighted by molar-refractivity contribution is -0.121. The molecule has 100 valence electrons. The van der Waals surface area contributed by atoms with Gasteiger partial charge in [0.15, 0.2) is 5.11 Å². The highest BCUT2D eigenvalue weighted by molar-refractivity contribution is 7.80. The molecule has 0 atom stereocenters. The molecule has 0 spiro atoms. The first-order valence-corrected chi connectivity index (χ1v) is 6.07. The zero-order valence-electron chi connectivity index (χ0n) is 11.1. The molecular weight excluding hydrogens is 238 g/mol. The van der Waals surface area contributed by atoms with Gasteiger partial charge in [0.2, 0.25) is 5.91 Å². The summed E-state index contributed by atoms with van der Waals surface area (Å²) in [5, 5.41) is 9.18. The SMILES string of the molecule is COCCCNC(=S)NCC(=O)NC(C)(C)C. The number of nitrogens with one attached hydrogen (secondary N) is 3. The van der Waals surface area contributed by atoms with Crippen molar-refractivity contribution in [3.05, 3.63) is 0 Å². The van der Waals surface area contributed by atoms with Crippen molar-refractivity contribution >= 4 is 23.2 Å². The average molecular weight is 261 g/mol. The van der Waals surface area contributed by atoms with Crippen molar-refractivity contribution in [2.24, 2.45) is 0 Å². The van der Waals surface area contributed by atoms with Gasteiger partial charge < -0.3 is 20.7 Å². The molecule has 1 amide bonds. The lowest BCUT2D eigenvalue weighted by Crippen LogP contribution is -2.47. The van der Waals surface area contributed by atoms with E-state index in [4.69, 9.17) is 17.0 Å². The Labute approximate surface area is 109 Å². The van der Waals surface area contributed by atoms with Crippen molar-refractivity contribution in [3.8, 4) is 0 Å². The van der Waals surface area contributed by atoms with Gasteiger partial charge in [0.05, 0.1) is 6.54 Å². The Morgan fingerprint density at radius 1 is 1.29 bits per heavy atom. The number of carbonyl (C=O) groups excluding carboxylic acids is 1. The molecule has 0 radical (unpaired) electrons. The van der Waals surface area contributed by atoms with Gasteiger partial charge in [-0.25, -0.2) is 0 Å². The smallest absolute Gasteiger partial charge is 0.239 e. The van der Waals surface area contributed by atoms with Crippen LogP contribution in [0.3, 0.4) is 0 Å². The van der Waals surface area contributed by atoms with E-state index in [-0.39, 0.29) is 18.0 Å². The van der Waals surface area contributed by atoms with Crippen LogP contribution in [-0.2, 0) is 9.53 Å². The van der Waals surface area contributed by atoms with Crippen molar-refractivity contribution in [2.75, 3.05) is 26.8 Å². The number of thiocarbonyl (C=S) groups is 1. The highest BCUT2D eigenvalue weighted by atomic mass is 32.1. The molecule has 0 aliphatic heterocycles. The summed E-state index contributed by atoms with van der Waals surface area (Å²) in [5.74, 6) is -0.0708. The van der Waals surface area contributed by atoms with Gasteiger partial charge >= 0.3 is 0 Å². The van der Waals surface area contributed by atoms with Gasteiger partial charge in [-0.2, -0.15) is 0 Å². The van der Waals surface area contributed by atoms with E-state index < -0.39 is 0 Å². The number of hydrogen-bond acceptors (Lipinski definition) is 3. The van der Waals surface area contributed by atoms with Crippen molar-refractivity contribution < 1.29 is 9.53 Å². The third-order valence-corrected chi connectivity index (χ3v) is 2.02. The van der Waals surface area contributed by atoms with E-state index in [0.717, 1.165) is 13.0 Å². The van der Waals surface area contributed by atoms with Crippen LogP contribution in [0.1, 0.15) is 27.2 Å². The van der Waals surface area contributed by atoms with Crippen LogP contribution in [-0.4, -0.2) is 43.4 Å². The third kappa shape index (κ3) is 11.4. The van der Waals surface area contributed by atoms with Crippen molar-refractivity contribution in [1.29, 1.82) is 0 Å². The molecule has 0 aromatic carbocycles. The first-order chi connectivity index (χ1) is 7.85. The summed E-state index contributed by atoms with van der Waals surface area (Å²) in [5.41, 5.74) is -0.216. The number of carbonyl (C=O) groups is 1. The molecular formula is C11H23N3O2S. The lowest BCUT2D eigenvalue weighted by atomic mass is 10.1. The maximum absolute atomic E-state index is 11.5. The molecule has 0 fully saturated rings. The van der Waals surface area contributed by atoms with Gasteiger partial charge in [0, 0.05) is 25.8 Å². The van der Waals surface area contributed by atoms with Gasteiger partial charge in [0.25, 0.3) is 0 Å². The minimum absolute atomic E-state index is 0.0708. The summed E-state index contributed by atoms with van der Waals surface area (Å²) < 4.78 is 4.91. The van der Waals surface area contributed by atoms with Gasteiger partial charge in [-0.15, -0.1) is 0 Å². The highest BCUT2D eigenvalue weighted by Crippen LogP contribution is 1.96. The quantitative estimate of drug-likeness (QED) is 0.477. The van der Waals surface area contributed by atoms with Crippen LogP contribution in [0.4, 0.5) is 0 Å². The summed E-state index contributed by atoms with van der Waals surface area (Å²) >= 11 is 5.02. The largest absolute Gasteiger partial charge is 0.385 e. The molecule has 3 N–H and O–H groups in total. The molecule has 0 aromatic heterocycles. The van der Waals surface area contributed by atoms with Crippen LogP contribution in [0.15, 0.2) is 0 Å². The zero-order valence-corrected chi connectivity index (χ0v) is 11.9. The first-order valence-electron chi connectivity index (χ1n) is 5.67. The Kier molecular flexibility index (Phi) is 7.82. The molecule has 0 saturated carbocycles. The maximum atomic E-state index is 11.5. The molecule has 17 heavy (non-hydrogen) atoms. The Balaban J connectivity index is 3.59. The molecule has 0 rings (SSSR count). The second-order valence-electron chi connectivity index (χ2n) is 4.75. The van der Waals surface area contributed by atoms with E-state index in [1.165, 1.54) is 0 Å². The Bertz CT molecular complexity index is 252. The Morgan fingerprint density at radius 3 is 2.47 bits per heavy atom. The first kappa shape index (κ1) is 16.1. The number of rotatable bonds is 6. The zero-order chi connectivity index (χ0) is 13.3. The monoisotopic (exact) mass is 261 g/mol. The topological polar surface area (TPSA) is 62.4 Å². The summed E-state index contributed by atoms with van der Waals surface area (Å²) in [6.45, 7) is 7.43. The molecule has 0 unspecified atom stereocenters. The van der Waals surface area contributed by atoms with Crippen LogP contribution in [0.25, 0.3) is 0 Å². The van der Waals surface area contributed by atoms with Crippen molar-refractivity contribution in [3.63, 3.8) is 0 Å². The fraction of sp³-hybridized carbons (Fsp3) is 0.818. The Morgan fingerprint density at radius 2 is 1.94 bits per heavy atom. The van der Waals surface area contributed by atoms with E-state index in [9.17, 15) is 4.79 Å². The molecule has 5 nitrogen and oxygen atoms in total. The second kappa shape index (κ2) is 8.25. The van der Waals surface area contributed by atoms with E-state index in [0.29, 0.717) is 11.7 Å². The fourth-order valence-electron chi connectivity index (χ4n) is 1.10. The van der Waals surface area contributed by atoms with E-state index in [1.807, 2.05) is 20.8 Å². The maximum Gasteiger partial charge on any atom is 0.239 e. The summed E-state index contributed by atoms with van der Waals surface area (Å²) in [6, 6.07) is 0. The second-order valence-corrected chi connectivity index (χ2v) is 5.16. The number of amides is 1. The summed E-state index contributed by atoms with van der Waals surface area (Å²) in [6.07, 6.45) is 0.881. The van der Waals surface area contributed by atoms with Crippen LogP contribution in [0, 0.1) is 0 Å². The molecule has 0 saturated heterocycles. The average Bonchev–Trinajstić information content (AvgIpc) is 2.19. The van der Waals surface area contributed by atoms with Gasteiger partial charge in [-0.1, -0.05) is 0 Å². The van der Waals surface area contributed by atoms with Gasteiger partial charge in [0.1, 0.15) is 0 Å². The minimum atomic E-state index is -0.216. The van der Waals surface area contributed by atoms with Gasteiger partial charge in [-0.05, 0) is 39.4 Å². The molecule has 0 aliphatic carbocycles. The van der Waals surface area contributed by atoms with Gasteiger partial charge in [-0.3, -0.25) is 4.79 Å². The van der Waals surface area contributed by atoms with Crippen LogP contribution < -0.4 is 16.0 Å². The molecule has 6 heteroatoms. The number of hydrogen-bond donors (Lipinski definition) is 3. The third-order valence-electron chi connectivity index (χ3n) is 1.73. The van der Waals surface area contributed by atoms with Crippen molar-refractivity contribution in [1.82, 2.24) is 16.0 Å². The van der Waals surface area contributed by atoms with E-state index >= 15 is 0 Å². The van der Waals surface area contributed by atoms with Crippen LogP contribution in [0.5, 0.6) is 0 Å². The number of methoxy groups -OCH3 is 1. The highest BCUT2D eigenvalue weighted by Gasteiger charge is 2.13. The standard InChI is InChI=1S/C11H23N3O2S/c1-11(2,3)14-9(15)8-13-10(17)12-6-5-7-16-4/h5-8H2,1-4H3,(H,14,15)(H2,12,13,17). The minimum Gasteiger partial charge on any atom is -0.385 e. The van der Waals surface area contributed by atoms with Crippen LogP contribution >= 0.6 is 12.2 Å². The Hall–Kier alpha value is -0.880. The predicted molar refractivity (Wildman–Crippen MR) is 73.0 cm³/mol. The fourth-order valence-corrected chi connectivity index (χ4v) is 1.28. The van der Waals surface area contributed by atoms with E-state index in [1.54, 1.807) is 7.11 Å². The molecule has 0 aromatic rings. The predicted octanol–water partition coefficient (Wildman–Crippen LogP) is 0.402. The van der Waals surface area contributed by atoms with E-state index in [2.05, 4.69) is 16.0 Å². The molecule has 0 heterocycles.